The summed E-state index contributed by atoms with van der Waals surface area (Å²) in [6, 6.07) is 0. The highest BCUT2D eigenvalue weighted by atomic mass is 16.6. The lowest BCUT2D eigenvalue weighted by molar-refractivity contribution is -0.154. The van der Waals surface area contributed by atoms with Gasteiger partial charge >= 0.3 is 11.9 Å². The molecule has 1 heterocycles. The summed E-state index contributed by atoms with van der Waals surface area (Å²) in [7, 11) is 0. The van der Waals surface area contributed by atoms with E-state index in [1.807, 2.05) is 0 Å². The van der Waals surface area contributed by atoms with Crippen LogP contribution >= 0.6 is 0 Å². The molecule has 7 atom stereocenters. The number of hydrogen-bond donors (Lipinski definition) is 0. The zero-order valence-electron chi connectivity index (χ0n) is 16.1. The van der Waals surface area contributed by atoms with Crippen molar-refractivity contribution in [3.05, 3.63) is 12.2 Å². The van der Waals surface area contributed by atoms with Crippen LogP contribution < -0.4 is 0 Å². The quantitative estimate of drug-likeness (QED) is 0.420. The zero-order valence-corrected chi connectivity index (χ0v) is 16.1. The Labute approximate surface area is 160 Å². The van der Waals surface area contributed by atoms with Gasteiger partial charge in [0.25, 0.3) is 0 Å². The van der Waals surface area contributed by atoms with Crippen molar-refractivity contribution in [3.8, 4) is 0 Å². The summed E-state index contributed by atoms with van der Waals surface area (Å²) in [5.41, 5.74) is 0.449. The van der Waals surface area contributed by atoms with Crippen LogP contribution in [0.15, 0.2) is 12.2 Å². The van der Waals surface area contributed by atoms with Crippen molar-refractivity contribution < 1.29 is 23.8 Å². The molecular formula is C22H30O5. The van der Waals surface area contributed by atoms with Crippen LogP contribution in [-0.4, -0.2) is 36.9 Å². The molecule has 7 unspecified atom stereocenters. The average Bonchev–Trinajstić information content (AvgIpc) is 3.02. The van der Waals surface area contributed by atoms with Crippen molar-refractivity contribution >= 4 is 11.9 Å². The minimum absolute atomic E-state index is 0.0142. The molecule has 2 bridgehead atoms. The normalized spacial score (nSPS) is 46.5. The lowest BCUT2D eigenvalue weighted by Crippen LogP contribution is -2.34. The fourth-order valence-corrected chi connectivity index (χ4v) is 6.58. The molecule has 5 fully saturated rings. The molecule has 148 valence electrons. The highest BCUT2D eigenvalue weighted by Crippen LogP contribution is 2.66. The number of carbonyl (C=O) groups is 2. The van der Waals surface area contributed by atoms with E-state index in [-0.39, 0.29) is 24.0 Å². The van der Waals surface area contributed by atoms with Crippen molar-refractivity contribution in [3.63, 3.8) is 0 Å². The molecule has 5 nitrogen and oxygen atoms in total. The van der Waals surface area contributed by atoms with E-state index in [0.717, 1.165) is 38.0 Å². The molecule has 0 aromatic carbocycles. The molecule has 0 aromatic rings. The standard InChI is InChI=1S/C22H30O5/c1-11(2)21(23)26-14-5-3-12(4-6-14)10-25-22(24)17-8-13-7-15(17)16-9-18-20(27-18)19(13)16/h12-20H,1,3-10H2,2H3. The molecule has 0 amide bonds. The third kappa shape index (κ3) is 3.12. The Bertz CT molecular complexity index is 649. The van der Waals surface area contributed by atoms with Crippen molar-refractivity contribution in [2.45, 2.75) is 70.2 Å². The van der Waals surface area contributed by atoms with Crippen molar-refractivity contribution in [1.29, 1.82) is 0 Å². The molecule has 4 saturated carbocycles. The van der Waals surface area contributed by atoms with Gasteiger partial charge in [-0.3, -0.25) is 4.79 Å². The number of epoxide rings is 1. The van der Waals surface area contributed by atoms with Gasteiger partial charge in [0.05, 0.1) is 24.7 Å². The summed E-state index contributed by atoms with van der Waals surface area (Å²) < 4.78 is 16.9. The van der Waals surface area contributed by atoms with E-state index in [9.17, 15) is 9.59 Å². The highest BCUT2D eigenvalue weighted by Gasteiger charge is 2.67. The fourth-order valence-electron chi connectivity index (χ4n) is 6.58. The molecule has 5 rings (SSSR count). The van der Waals surface area contributed by atoms with Gasteiger partial charge in [0, 0.05) is 5.57 Å². The smallest absolute Gasteiger partial charge is 0.333 e. The minimum Gasteiger partial charge on any atom is -0.465 e. The molecule has 1 saturated heterocycles. The summed E-state index contributed by atoms with van der Waals surface area (Å²) >= 11 is 0. The molecule has 0 N–H and O–H groups in total. The summed E-state index contributed by atoms with van der Waals surface area (Å²) in [6.07, 6.45) is 8.01. The Morgan fingerprint density at radius 2 is 1.85 bits per heavy atom. The van der Waals surface area contributed by atoms with E-state index in [2.05, 4.69) is 6.58 Å². The van der Waals surface area contributed by atoms with Gasteiger partial charge in [-0.2, -0.15) is 0 Å². The summed E-state index contributed by atoms with van der Waals surface area (Å²) in [5.74, 6) is 2.95. The number of carbonyl (C=O) groups excluding carboxylic acids is 2. The molecule has 4 aliphatic carbocycles. The van der Waals surface area contributed by atoms with Crippen molar-refractivity contribution in [1.82, 2.24) is 0 Å². The van der Waals surface area contributed by atoms with Crippen LogP contribution in [0.25, 0.3) is 0 Å². The Kier molecular flexibility index (Phi) is 4.34. The largest absolute Gasteiger partial charge is 0.465 e. The number of esters is 2. The van der Waals surface area contributed by atoms with Crippen molar-refractivity contribution in [2.75, 3.05) is 6.61 Å². The lowest BCUT2D eigenvalue weighted by atomic mass is 9.75. The lowest BCUT2D eigenvalue weighted by Gasteiger charge is -2.32. The predicted molar refractivity (Wildman–Crippen MR) is 97.6 cm³/mol. The van der Waals surface area contributed by atoms with Gasteiger partial charge in [-0.1, -0.05) is 6.58 Å². The fraction of sp³-hybridized carbons (Fsp3) is 0.818. The number of hydrogen-bond acceptors (Lipinski definition) is 5. The first-order valence-electron chi connectivity index (χ1n) is 10.7. The van der Waals surface area contributed by atoms with Crippen LogP contribution in [0, 0.1) is 35.5 Å². The first kappa shape index (κ1) is 17.7. The van der Waals surface area contributed by atoms with Gasteiger partial charge in [0.2, 0.25) is 0 Å². The maximum absolute atomic E-state index is 12.7. The topological polar surface area (TPSA) is 65.1 Å². The predicted octanol–water partition coefficient (Wildman–Crippen LogP) is 3.27. The zero-order chi connectivity index (χ0) is 18.7. The Morgan fingerprint density at radius 3 is 2.59 bits per heavy atom. The second-order valence-electron chi connectivity index (χ2n) is 9.58. The van der Waals surface area contributed by atoms with Crippen LogP contribution in [0.4, 0.5) is 0 Å². The SMILES string of the molecule is C=C(C)C(=O)OC1CCC(COC(=O)C2CC3CC2C2CC4OC4C32)CC1. The van der Waals surface area contributed by atoms with E-state index < -0.39 is 0 Å². The molecule has 5 aliphatic rings. The third-order valence-electron chi connectivity index (χ3n) is 7.92. The number of fused-ring (bicyclic) bond motifs is 7. The molecular weight excluding hydrogens is 344 g/mol. The van der Waals surface area contributed by atoms with Crippen LogP contribution in [0.3, 0.4) is 0 Å². The molecule has 27 heavy (non-hydrogen) atoms. The Balaban J connectivity index is 1.06. The Morgan fingerprint density at radius 1 is 1.07 bits per heavy atom. The first-order chi connectivity index (χ1) is 13.0. The van der Waals surface area contributed by atoms with E-state index in [0.29, 0.717) is 48.1 Å². The van der Waals surface area contributed by atoms with Gasteiger partial charge in [-0.05, 0) is 81.5 Å². The van der Waals surface area contributed by atoms with E-state index in [4.69, 9.17) is 14.2 Å². The molecule has 0 aromatic heterocycles. The second-order valence-corrected chi connectivity index (χ2v) is 9.58. The molecule has 5 heteroatoms. The average molecular weight is 374 g/mol. The monoisotopic (exact) mass is 374 g/mol. The minimum atomic E-state index is -0.297. The van der Waals surface area contributed by atoms with E-state index in [1.54, 1.807) is 6.92 Å². The highest BCUT2D eigenvalue weighted by molar-refractivity contribution is 5.87. The van der Waals surface area contributed by atoms with Crippen LogP contribution in [0.5, 0.6) is 0 Å². The van der Waals surface area contributed by atoms with Gasteiger partial charge in [0.15, 0.2) is 0 Å². The van der Waals surface area contributed by atoms with Gasteiger partial charge in [-0.25, -0.2) is 4.79 Å². The van der Waals surface area contributed by atoms with Crippen LogP contribution in [0.1, 0.15) is 51.9 Å². The first-order valence-corrected chi connectivity index (χ1v) is 10.7. The summed E-state index contributed by atoms with van der Waals surface area (Å²) in [4.78, 5) is 24.3. The maximum atomic E-state index is 12.7. The molecule has 0 radical (unpaired) electrons. The van der Waals surface area contributed by atoms with E-state index >= 15 is 0 Å². The number of rotatable bonds is 5. The van der Waals surface area contributed by atoms with Crippen LogP contribution in [0.2, 0.25) is 0 Å². The summed E-state index contributed by atoms with van der Waals surface area (Å²) in [5, 5.41) is 0. The van der Waals surface area contributed by atoms with E-state index in [1.165, 1.54) is 12.8 Å². The van der Waals surface area contributed by atoms with Crippen molar-refractivity contribution in [2.24, 2.45) is 35.5 Å². The number of ether oxygens (including phenoxy) is 3. The van der Waals surface area contributed by atoms with Gasteiger partial charge in [-0.15, -0.1) is 0 Å². The molecule has 0 spiro atoms. The second kappa shape index (κ2) is 6.61. The van der Waals surface area contributed by atoms with Gasteiger partial charge < -0.3 is 14.2 Å². The van der Waals surface area contributed by atoms with Crippen LogP contribution in [-0.2, 0) is 23.8 Å². The summed E-state index contributed by atoms with van der Waals surface area (Å²) in [6.45, 7) is 5.82. The Hall–Kier alpha value is -1.36. The van der Waals surface area contributed by atoms with Gasteiger partial charge in [0.1, 0.15) is 6.10 Å². The third-order valence-corrected chi connectivity index (χ3v) is 7.92. The molecule has 1 aliphatic heterocycles. The maximum Gasteiger partial charge on any atom is 0.333 e.